The lowest BCUT2D eigenvalue weighted by Crippen LogP contribution is -2.35. The van der Waals surface area contributed by atoms with Crippen molar-refractivity contribution >= 4 is 0 Å². The molecule has 72 valence electrons. The van der Waals surface area contributed by atoms with Gasteiger partial charge in [-0.15, -0.1) is 10.2 Å². The summed E-state index contributed by atoms with van der Waals surface area (Å²) in [5.41, 5.74) is 0.0586. The van der Waals surface area contributed by atoms with E-state index in [1.165, 1.54) is 11.2 Å². The number of aromatic nitrogens is 4. The standard InChI is InChI=1S/C8H14N4O/c1-12-10-7(9-11-12)5-8(6-13)3-2-4-8/h13H,2-6H2,1H3. The molecule has 1 aromatic heterocycles. The van der Waals surface area contributed by atoms with Crippen molar-refractivity contribution in [3.05, 3.63) is 5.82 Å². The van der Waals surface area contributed by atoms with E-state index in [9.17, 15) is 5.11 Å². The highest BCUT2D eigenvalue weighted by atomic mass is 16.3. The van der Waals surface area contributed by atoms with Crippen LogP contribution in [0.2, 0.25) is 0 Å². The highest BCUT2D eigenvalue weighted by Gasteiger charge is 2.37. The van der Waals surface area contributed by atoms with E-state index in [0.29, 0.717) is 0 Å². The molecule has 5 nitrogen and oxygen atoms in total. The van der Waals surface area contributed by atoms with Crippen molar-refractivity contribution in [3.8, 4) is 0 Å². The highest BCUT2D eigenvalue weighted by molar-refractivity contribution is 4.95. The molecule has 1 aromatic rings. The van der Waals surface area contributed by atoms with Crippen LogP contribution in [0.5, 0.6) is 0 Å². The third kappa shape index (κ3) is 1.56. The first kappa shape index (κ1) is 8.62. The molecule has 1 aliphatic carbocycles. The lowest BCUT2D eigenvalue weighted by Gasteiger charge is -2.39. The van der Waals surface area contributed by atoms with E-state index in [-0.39, 0.29) is 12.0 Å². The molecule has 0 atom stereocenters. The van der Waals surface area contributed by atoms with Crippen LogP contribution in [0.25, 0.3) is 0 Å². The van der Waals surface area contributed by atoms with Gasteiger partial charge in [0, 0.05) is 18.4 Å². The van der Waals surface area contributed by atoms with Crippen LogP contribution in [-0.4, -0.2) is 31.9 Å². The maximum atomic E-state index is 9.22. The molecule has 5 heteroatoms. The summed E-state index contributed by atoms with van der Waals surface area (Å²) in [7, 11) is 1.75. The van der Waals surface area contributed by atoms with Gasteiger partial charge in [-0.1, -0.05) is 6.42 Å². The Hall–Kier alpha value is -0.970. The Morgan fingerprint density at radius 3 is 2.69 bits per heavy atom. The zero-order valence-corrected chi connectivity index (χ0v) is 7.77. The molecule has 1 N–H and O–H groups in total. The van der Waals surface area contributed by atoms with Crippen LogP contribution in [-0.2, 0) is 13.5 Å². The second-order valence-electron chi connectivity index (χ2n) is 3.88. The van der Waals surface area contributed by atoms with Gasteiger partial charge in [0.15, 0.2) is 5.82 Å². The van der Waals surface area contributed by atoms with Gasteiger partial charge in [0.05, 0.1) is 7.05 Å². The van der Waals surface area contributed by atoms with E-state index in [1.807, 2.05) is 0 Å². The van der Waals surface area contributed by atoms with E-state index in [1.54, 1.807) is 7.05 Å². The molecule has 2 rings (SSSR count). The summed E-state index contributed by atoms with van der Waals surface area (Å²) in [5.74, 6) is 0.747. The number of rotatable bonds is 3. The quantitative estimate of drug-likeness (QED) is 0.710. The molecular formula is C8H14N4O. The van der Waals surface area contributed by atoms with Crippen LogP contribution >= 0.6 is 0 Å². The van der Waals surface area contributed by atoms with Gasteiger partial charge in [0.25, 0.3) is 0 Å². The summed E-state index contributed by atoms with van der Waals surface area (Å²) in [6, 6.07) is 0. The normalized spacial score (nSPS) is 19.8. The van der Waals surface area contributed by atoms with Crippen molar-refractivity contribution in [1.82, 2.24) is 20.2 Å². The fourth-order valence-corrected chi connectivity index (χ4v) is 1.80. The Balaban J connectivity index is 2.04. The first-order valence-electron chi connectivity index (χ1n) is 4.58. The second kappa shape index (κ2) is 3.06. The monoisotopic (exact) mass is 182 g/mol. The maximum Gasteiger partial charge on any atom is 0.175 e. The van der Waals surface area contributed by atoms with Crippen molar-refractivity contribution in [1.29, 1.82) is 0 Å². The average Bonchev–Trinajstić information content (AvgIpc) is 2.44. The van der Waals surface area contributed by atoms with E-state index in [0.717, 1.165) is 25.1 Å². The smallest absolute Gasteiger partial charge is 0.175 e. The van der Waals surface area contributed by atoms with Gasteiger partial charge >= 0.3 is 0 Å². The first-order valence-corrected chi connectivity index (χ1v) is 4.58. The van der Waals surface area contributed by atoms with Crippen molar-refractivity contribution in [2.24, 2.45) is 12.5 Å². The first-order chi connectivity index (χ1) is 6.24. The van der Waals surface area contributed by atoms with Crippen LogP contribution in [0.4, 0.5) is 0 Å². The number of aliphatic hydroxyl groups is 1. The SMILES string of the molecule is Cn1nnc(CC2(CO)CCC2)n1. The van der Waals surface area contributed by atoms with Gasteiger partial charge < -0.3 is 5.11 Å². The van der Waals surface area contributed by atoms with Gasteiger partial charge in [-0.2, -0.15) is 4.80 Å². The molecular weight excluding hydrogens is 168 g/mol. The number of aryl methyl sites for hydroxylation is 1. The summed E-state index contributed by atoms with van der Waals surface area (Å²) in [6.07, 6.45) is 4.14. The minimum absolute atomic E-state index is 0.0586. The molecule has 0 saturated heterocycles. The van der Waals surface area contributed by atoms with Crippen molar-refractivity contribution < 1.29 is 5.11 Å². The molecule has 0 unspecified atom stereocenters. The van der Waals surface area contributed by atoms with Crippen molar-refractivity contribution in [3.63, 3.8) is 0 Å². The van der Waals surface area contributed by atoms with Crippen LogP contribution in [0.15, 0.2) is 0 Å². The molecule has 0 spiro atoms. The fourth-order valence-electron chi connectivity index (χ4n) is 1.80. The number of hydrogen-bond donors (Lipinski definition) is 1. The zero-order chi connectivity index (χ0) is 9.31. The molecule has 0 bridgehead atoms. The summed E-state index contributed by atoms with van der Waals surface area (Å²) >= 11 is 0. The molecule has 0 aromatic carbocycles. The Bertz CT molecular complexity index is 287. The number of hydrogen-bond acceptors (Lipinski definition) is 4. The zero-order valence-electron chi connectivity index (χ0n) is 7.77. The van der Waals surface area contributed by atoms with Gasteiger partial charge in [-0.25, -0.2) is 0 Å². The predicted octanol–water partition coefficient (Wildman–Crippen LogP) is -0.0848. The molecule has 0 aliphatic heterocycles. The Labute approximate surface area is 76.8 Å². The minimum atomic E-state index is 0.0586. The molecule has 13 heavy (non-hydrogen) atoms. The van der Waals surface area contributed by atoms with E-state index >= 15 is 0 Å². The van der Waals surface area contributed by atoms with E-state index in [2.05, 4.69) is 15.4 Å². The topological polar surface area (TPSA) is 63.8 Å². The van der Waals surface area contributed by atoms with Crippen LogP contribution in [0.1, 0.15) is 25.1 Å². The molecule has 1 fully saturated rings. The third-order valence-corrected chi connectivity index (χ3v) is 2.83. The fraction of sp³-hybridized carbons (Fsp3) is 0.875. The summed E-state index contributed by atoms with van der Waals surface area (Å²) in [6.45, 7) is 0.241. The summed E-state index contributed by atoms with van der Waals surface area (Å²) in [5, 5.41) is 21.0. The summed E-state index contributed by atoms with van der Waals surface area (Å²) < 4.78 is 0. The predicted molar refractivity (Wildman–Crippen MR) is 45.9 cm³/mol. The number of nitrogens with zero attached hydrogens (tertiary/aromatic N) is 4. The third-order valence-electron chi connectivity index (χ3n) is 2.83. The second-order valence-corrected chi connectivity index (χ2v) is 3.88. The maximum absolute atomic E-state index is 9.22. The average molecular weight is 182 g/mol. The lowest BCUT2D eigenvalue weighted by molar-refractivity contribution is 0.0430. The molecule has 0 radical (unpaired) electrons. The minimum Gasteiger partial charge on any atom is -0.396 e. The van der Waals surface area contributed by atoms with Crippen LogP contribution < -0.4 is 0 Å². The highest BCUT2D eigenvalue weighted by Crippen LogP contribution is 2.42. The largest absolute Gasteiger partial charge is 0.396 e. The molecule has 0 amide bonds. The van der Waals surface area contributed by atoms with Gasteiger partial charge in [0.2, 0.25) is 0 Å². The van der Waals surface area contributed by atoms with Crippen molar-refractivity contribution in [2.45, 2.75) is 25.7 Å². The number of tetrazole rings is 1. The molecule has 1 aliphatic rings. The Morgan fingerprint density at radius 1 is 1.54 bits per heavy atom. The van der Waals surface area contributed by atoms with Crippen LogP contribution in [0, 0.1) is 5.41 Å². The van der Waals surface area contributed by atoms with Gasteiger partial charge in [-0.05, 0) is 18.1 Å². The van der Waals surface area contributed by atoms with Crippen molar-refractivity contribution in [2.75, 3.05) is 6.61 Å². The van der Waals surface area contributed by atoms with Gasteiger partial charge in [0.1, 0.15) is 0 Å². The molecule has 1 heterocycles. The van der Waals surface area contributed by atoms with E-state index < -0.39 is 0 Å². The summed E-state index contributed by atoms with van der Waals surface area (Å²) in [4.78, 5) is 1.46. The Morgan fingerprint density at radius 2 is 2.31 bits per heavy atom. The molecule has 1 saturated carbocycles. The Kier molecular flexibility index (Phi) is 2.03. The van der Waals surface area contributed by atoms with Gasteiger partial charge in [-0.3, -0.25) is 0 Å². The lowest BCUT2D eigenvalue weighted by atomic mass is 9.67. The van der Waals surface area contributed by atoms with Crippen LogP contribution in [0.3, 0.4) is 0 Å². The van der Waals surface area contributed by atoms with E-state index in [4.69, 9.17) is 0 Å². The number of aliphatic hydroxyl groups excluding tert-OH is 1.